The fourth-order valence-corrected chi connectivity index (χ4v) is 2.27. The minimum absolute atomic E-state index is 0.284. The van der Waals surface area contributed by atoms with E-state index in [1.165, 1.54) is 4.88 Å². The zero-order valence-corrected chi connectivity index (χ0v) is 8.89. The van der Waals surface area contributed by atoms with Crippen molar-refractivity contribution >= 4 is 16.5 Å². The summed E-state index contributed by atoms with van der Waals surface area (Å²) < 4.78 is 17.7. The number of nitrogens with zero attached hydrogens (tertiary/aromatic N) is 2. The molecule has 2 heterocycles. The van der Waals surface area contributed by atoms with Gasteiger partial charge in [0, 0.05) is 24.2 Å². The zero-order chi connectivity index (χ0) is 9.97. The van der Waals surface area contributed by atoms with E-state index in [4.69, 9.17) is 4.74 Å². The summed E-state index contributed by atoms with van der Waals surface area (Å²) >= 11 is 1.64. The van der Waals surface area contributed by atoms with Gasteiger partial charge in [-0.05, 0) is 6.92 Å². The average molecular weight is 216 g/mol. The normalized spacial score (nSPS) is 22.7. The first kappa shape index (κ1) is 9.86. The number of rotatable bonds is 2. The van der Waals surface area contributed by atoms with Crippen molar-refractivity contribution < 1.29 is 9.13 Å². The van der Waals surface area contributed by atoms with Gasteiger partial charge >= 0.3 is 0 Å². The van der Waals surface area contributed by atoms with Crippen LogP contribution in [0.2, 0.25) is 0 Å². The molecule has 0 saturated carbocycles. The number of hydrogen-bond donors (Lipinski definition) is 0. The first-order valence-corrected chi connectivity index (χ1v) is 5.46. The zero-order valence-electron chi connectivity index (χ0n) is 8.07. The molecule has 3 nitrogen and oxygen atoms in total. The lowest BCUT2D eigenvalue weighted by molar-refractivity contribution is 0.0247. The lowest BCUT2D eigenvalue weighted by atomic mass is 10.3. The average Bonchev–Trinajstić information content (AvgIpc) is 2.65. The molecule has 1 aliphatic heterocycles. The van der Waals surface area contributed by atoms with E-state index < -0.39 is 6.67 Å². The van der Waals surface area contributed by atoms with Gasteiger partial charge in [-0.2, -0.15) is 0 Å². The number of morpholine rings is 1. The highest BCUT2D eigenvalue weighted by molar-refractivity contribution is 7.15. The third-order valence-electron chi connectivity index (χ3n) is 2.19. The predicted molar refractivity (Wildman–Crippen MR) is 54.8 cm³/mol. The minimum atomic E-state index is -0.416. The number of aryl methyl sites for hydroxylation is 1. The Balaban J connectivity index is 2.04. The van der Waals surface area contributed by atoms with E-state index in [1.54, 1.807) is 11.3 Å². The highest BCUT2D eigenvalue weighted by Crippen LogP contribution is 2.23. The summed E-state index contributed by atoms with van der Waals surface area (Å²) in [6.45, 7) is 3.62. The van der Waals surface area contributed by atoms with Gasteiger partial charge in [0.2, 0.25) is 0 Å². The fourth-order valence-electron chi connectivity index (χ4n) is 1.48. The van der Waals surface area contributed by atoms with Crippen LogP contribution < -0.4 is 4.90 Å². The van der Waals surface area contributed by atoms with E-state index in [0.717, 1.165) is 11.7 Å². The van der Waals surface area contributed by atoms with Gasteiger partial charge in [-0.1, -0.05) is 0 Å². The molecule has 1 aromatic heterocycles. The van der Waals surface area contributed by atoms with Gasteiger partial charge < -0.3 is 9.64 Å². The van der Waals surface area contributed by atoms with Gasteiger partial charge in [-0.3, -0.25) is 0 Å². The Bertz CT molecular complexity index is 305. The van der Waals surface area contributed by atoms with E-state index >= 15 is 0 Å². The third-order valence-corrected chi connectivity index (χ3v) is 3.16. The van der Waals surface area contributed by atoms with Gasteiger partial charge in [0.1, 0.15) is 12.8 Å². The predicted octanol–water partition coefficient (Wildman–Crippen LogP) is 1.63. The van der Waals surface area contributed by atoms with Crippen LogP contribution in [-0.4, -0.2) is 37.5 Å². The molecule has 1 aliphatic rings. The Morgan fingerprint density at radius 2 is 2.64 bits per heavy atom. The Labute approximate surface area is 86.5 Å². The Morgan fingerprint density at radius 1 is 1.79 bits per heavy atom. The van der Waals surface area contributed by atoms with Crippen LogP contribution in [0.15, 0.2) is 6.20 Å². The van der Waals surface area contributed by atoms with Crippen LogP contribution in [0.25, 0.3) is 0 Å². The smallest absolute Gasteiger partial charge is 0.185 e. The highest BCUT2D eigenvalue weighted by atomic mass is 32.1. The van der Waals surface area contributed by atoms with E-state index in [0.29, 0.717) is 13.2 Å². The van der Waals surface area contributed by atoms with Crippen LogP contribution in [0.4, 0.5) is 9.52 Å². The molecule has 0 amide bonds. The van der Waals surface area contributed by atoms with Gasteiger partial charge in [-0.15, -0.1) is 11.3 Å². The summed E-state index contributed by atoms with van der Waals surface area (Å²) in [6.07, 6.45) is 1.56. The fraction of sp³-hybridized carbons (Fsp3) is 0.667. The van der Waals surface area contributed by atoms with Gasteiger partial charge in [0.15, 0.2) is 5.13 Å². The van der Waals surface area contributed by atoms with Crippen LogP contribution in [0.3, 0.4) is 0 Å². The standard InChI is InChI=1S/C9H13FN2OS/c1-7-5-11-9(14-7)12-2-3-13-8(4-10)6-12/h5,8H,2-4,6H2,1H3/t8-/m0/s1. The summed E-state index contributed by atoms with van der Waals surface area (Å²) in [7, 11) is 0. The van der Waals surface area contributed by atoms with Crippen LogP contribution in [0.1, 0.15) is 4.88 Å². The number of ether oxygens (including phenoxy) is 1. The molecular formula is C9H13FN2OS. The number of hydrogen-bond acceptors (Lipinski definition) is 4. The summed E-state index contributed by atoms with van der Waals surface area (Å²) in [4.78, 5) is 7.55. The van der Waals surface area contributed by atoms with Crippen molar-refractivity contribution in [2.24, 2.45) is 0 Å². The molecule has 0 radical (unpaired) electrons. The molecule has 78 valence electrons. The summed E-state index contributed by atoms with van der Waals surface area (Å²) in [5, 5.41) is 0.976. The molecule has 5 heteroatoms. The molecule has 1 saturated heterocycles. The first-order chi connectivity index (χ1) is 6.79. The maximum absolute atomic E-state index is 12.4. The molecule has 0 aromatic carbocycles. The SMILES string of the molecule is Cc1cnc(N2CCO[C@@H](CF)C2)s1. The molecule has 1 atom stereocenters. The number of anilines is 1. The minimum Gasteiger partial charge on any atom is -0.372 e. The second kappa shape index (κ2) is 4.23. The maximum Gasteiger partial charge on any atom is 0.185 e. The van der Waals surface area contributed by atoms with Crippen molar-refractivity contribution in [3.8, 4) is 0 Å². The second-order valence-electron chi connectivity index (χ2n) is 3.35. The van der Waals surface area contributed by atoms with Crippen LogP contribution >= 0.6 is 11.3 Å². The van der Waals surface area contributed by atoms with E-state index in [-0.39, 0.29) is 6.10 Å². The quantitative estimate of drug-likeness (QED) is 0.751. The van der Waals surface area contributed by atoms with Crippen LogP contribution in [0, 0.1) is 6.92 Å². The molecule has 1 fully saturated rings. The molecule has 1 aromatic rings. The number of alkyl halides is 1. The highest BCUT2D eigenvalue weighted by Gasteiger charge is 2.21. The Hall–Kier alpha value is -0.680. The Kier molecular flexibility index (Phi) is 2.98. The van der Waals surface area contributed by atoms with Gasteiger partial charge in [0.25, 0.3) is 0 Å². The van der Waals surface area contributed by atoms with Crippen molar-refractivity contribution in [1.29, 1.82) is 0 Å². The maximum atomic E-state index is 12.4. The molecule has 0 unspecified atom stereocenters. The number of halogens is 1. The van der Waals surface area contributed by atoms with E-state index in [1.807, 2.05) is 13.1 Å². The third kappa shape index (κ3) is 2.04. The summed E-state index contributed by atoms with van der Waals surface area (Å²) in [5.74, 6) is 0. The van der Waals surface area contributed by atoms with Crippen molar-refractivity contribution in [2.45, 2.75) is 13.0 Å². The number of thiazole rings is 1. The number of aromatic nitrogens is 1. The summed E-state index contributed by atoms with van der Waals surface area (Å²) in [5.41, 5.74) is 0. The van der Waals surface area contributed by atoms with Crippen molar-refractivity contribution in [3.63, 3.8) is 0 Å². The second-order valence-corrected chi connectivity index (χ2v) is 4.56. The molecule has 14 heavy (non-hydrogen) atoms. The van der Waals surface area contributed by atoms with E-state index in [2.05, 4.69) is 9.88 Å². The topological polar surface area (TPSA) is 25.4 Å². The van der Waals surface area contributed by atoms with Gasteiger partial charge in [0.05, 0.1) is 6.61 Å². The van der Waals surface area contributed by atoms with Crippen LogP contribution in [-0.2, 0) is 4.74 Å². The van der Waals surface area contributed by atoms with Crippen molar-refractivity contribution in [2.75, 3.05) is 31.3 Å². The van der Waals surface area contributed by atoms with Crippen molar-refractivity contribution in [1.82, 2.24) is 4.98 Å². The van der Waals surface area contributed by atoms with Crippen LogP contribution in [0.5, 0.6) is 0 Å². The lowest BCUT2D eigenvalue weighted by Crippen LogP contribution is -2.43. The molecule has 0 aliphatic carbocycles. The Morgan fingerprint density at radius 3 is 3.29 bits per heavy atom. The molecule has 0 bridgehead atoms. The van der Waals surface area contributed by atoms with E-state index in [9.17, 15) is 4.39 Å². The van der Waals surface area contributed by atoms with Crippen molar-refractivity contribution in [3.05, 3.63) is 11.1 Å². The first-order valence-electron chi connectivity index (χ1n) is 4.64. The molecule has 0 spiro atoms. The molecular weight excluding hydrogens is 203 g/mol. The van der Waals surface area contributed by atoms with Gasteiger partial charge in [-0.25, -0.2) is 9.37 Å². The molecule has 2 rings (SSSR count). The molecule has 0 N–H and O–H groups in total. The lowest BCUT2D eigenvalue weighted by Gasteiger charge is -2.31. The summed E-state index contributed by atoms with van der Waals surface area (Å²) in [6, 6.07) is 0. The monoisotopic (exact) mass is 216 g/mol. The largest absolute Gasteiger partial charge is 0.372 e.